The van der Waals surface area contributed by atoms with E-state index in [1.54, 1.807) is 11.1 Å². The number of fused-ring (bicyclic) bond motifs is 3. The van der Waals surface area contributed by atoms with Crippen molar-refractivity contribution in [3.63, 3.8) is 0 Å². The Morgan fingerprint density at radius 1 is 0.677 bits per heavy atom. The van der Waals surface area contributed by atoms with Crippen LogP contribution in [0.25, 0.3) is 11.1 Å². The molecule has 0 spiro atoms. The first-order valence-corrected chi connectivity index (χ1v) is 12.2. The summed E-state index contributed by atoms with van der Waals surface area (Å²) in [5.74, 6) is 0. The lowest BCUT2D eigenvalue weighted by atomic mass is 9.66. The van der Waals surface area contributed by atoms with E-state index in [4.69, 9.17) is 0 Å². The van der Waals surface area contributed by atoms with Gasteiger partial charge in [-0.15, -0.1) is 0 Å². The number of benzene rings is 2. The molecule has 0 atom stereocenters. The molecular formula is C31H34. The summed E-state index contributed by atoms with van der Waals surface area (Å²) in [5.41, 5.74) is 9.10. The second-order valence-electron chi connectivity index (χ2n) is 9.57. The average Bonchev–Trinajstić information content (AvgIpc) is 3.55. The highest BCUT2D eigenvalue weighted by atomic mass is 14.4. The standard InChI is InChI=1S/C31H34/c1-3-5-17-30(19-9-10-20-30)28-16-15-26-25-14-8-7-13-24(25)23-27(26)29(28)31(18-6-4-2)21-11-12-22-31/h7-16,19-22H,3-6,17-18,23H2,1-2H3. The van der Waals surface area contributed by atoms with E-state index in [0.717, 1.165) is 6.42 Å². The maximum Gasteiger partial charge on any atom is 0.0324 e. The first-order chi connectivity index (χ1) is 15.2. The molecule has 0 fully saturated rings. The number of allylic oxidation sites excluding steroid dienone is 8. The first kappa shape index (κ1) is 20.3. The van der Waals surface area contributed by atoms with Crippen molar-refractivity contribution in [1.29, 1.82) is 0 Å². The van der Waals surface area contributed by atoms with Gasteiger partial charge in [0.2, 0.25) is 0 Å². The van der Waals surface area contributed by atoms with Crippen LogP contribution in [0.1, 0.15) is 74.6 Å². The van der Waals surface area contributed by atoms with Crippen LogP contribution in [-0.4, -0.2) is 0 Å². The minimum absolute atomic E-state index is 0.0161. The lowest BCUT2D eigenvalue weighted by Crippen LogP contribution is -2.30. The van der Waals surface area contributed by atoms with E-state index in [1.807, 2.05) is 0 Å². The van der Waals surface area contributed by atoms with Gasteiger partial charge in [0.25, 0.3) is 0 Å². The molecular weight excluding hydrogens is 372 g/mol. The molecule has 31 heavy (non-hydrogen) atoms. The van der Waals surface area contributed by atoms with E-state index >= 15 is 0 Å². The molecule has 0 radical (unpaired) electrons. The van der Waals surface area contributed by atoms with Crippen LogP contribution in [0.2, 0.25) is 0 Å². The topological polar surface area (TPSA) is 0 Å². The van der Waals surface area contributed by atoms with Crippen molar-refractivity contribution in [1.82, 2.24) is 0 Å². The normalized spacial score (nSPS) is 18.6. The molecule has 3 aliphatic carbocycles. The second kappa shape index (κ2) is 8.15. The Kier molecular flexibility index (Phi) is 5.34. The highest BCUT2D eigenvalue weighted by molar-refractivity contribution is 5.80. The zero-order chi connectivity index (χ0) is 21.3. The average molecular weight is 407 g/mol. The Hall–Kier alpha value is -2.60. The van der Waals surface area contributed by atoms with Gasteiger partial charge < -0.3 is 0 Å². The lowest BCUT2D eigenvalue weighted by molar-refractivity contribution is 0.523. The van der Waals surface area contributed by atoms with Crippen LogP contribution < -0.4 is 0 Å². The summed E-state index contributed by atoms with van der Waals surface area (Å²) in [6.07, 6.45) is 27.4. The van der Waals surface area contributed by atoms with Gasteiger partial charge in [-0.2, -0.15) is 0 Å². The minimum atomic E-state index is 0.0161. The molecule has 2 aromatic carbocycles. The Balaban J connectivity index is 1.76. The fraction of sp³-hybridized carbons (Fsp3) is 0.355. The van der Waals surface area contributed by atoms with Gasteiger partial charge in [-0.3, -0.25) is 0 Å². The van der Waals surface area contributed by atoms with Gasteiger partial charge in [-0.25, -0.2) is 0 Å². The molecule has 0 heterocycles. The summed E-state index contributed by atoms with van der Waals surface area (Å²) < 4.78 is 0. The van der Waals surface area contributed by atoms with Crippen LogP contribution in [0, 0.1) is 0 Å². The largest absolute Gasteiger partial charge is 0.0702 e. The highest BCUT2D eigenvalue weighted by Gasteiger charge is 2.40. The minimum Gasteiger partial charge on any atom is -0.0702 e. The fourth-order valence-corrected chi connectivity index (χ4v) is 6.03. The van der Waals surface area contributed by atoms with Crippen LogP contribution in [0.15, 0.2) is 85.0 Å². The molecule has 0 saturated carbocycles. The van der Waals surface area contributed by atoms with Gasteiger partial charge in [0, 0.05) is 10.8 Å². The van der Waals surface area contributed by atoms with Crippen molar-refractivity contribution >= 4 is 0 Å². The third kappa shape index (κ3) is 3.28. The Bertz CT molecular complexity index is 1070. The maximum atomic E-state index is 2.49. The van der Waals surface area contributed by atoms with E-state index in [0.29, 0.717) is 0 Å². The summed E-state index contributed by atoms with van der Waals surface area (Å²) >= 11 is 0. The number of hydrogen-bond acceptors (Lipinski definition) is 0. The van der Waals surface area contributed by atoms with E-state index < -0.39 is 0 Å². The van der Waals surface area contributed by atoms with E-state index in [-0.39, 0.29) is 10.8 Å². The van der Waals surface area contributed by atoms with Crippen molar-refractivity contribution in [2.24, 2.45) is 0 Å². The Morgan fingerprint density at radius 2 is 1.29 bits per heavy atom. The van der Waals surface area contributed by atoms with Gasteiger partial charge in [0.1, 0.15) is 0 Å². The van der Waals surface area contributed by atoms with Gasteiger partial charge >= 0.3 is 0 Å². The summed E-state index contributed by atoms with van der Waals surface area (Å²) in [6, 6.07) is 13.9. The predicted molar refractivity (Wildman–Crippen MR) is 134 cm³/mol. The summed E-state index contributed by atoms with van der Waals surface area (Å²) in [5, 5.41) is 0. The van der Waals surface area contributed by atoms with Gasteiger partial charge in [0.05, 0.1) is 0 Å². The van der Waals surface area contributed by atoms with Crippen molar-refractivity contribution in [3.05, 3.63) is 107 Å². The molecule has 0 heteroatoms. The molecule has 0 N–H and O–H groups in total. The highest BCUT2D eigenvalue weighted by Crippen LogP contribution is 2.51. The number of unbranched alkanes of at least 4 members (excludes halogenated alkanes) is 2. The molecule has 0 unspecified atom stereocenters. The molecule has 0 saturated heterocycles. The molecule has 158 valence electrons. The van der Waals surface area contributed by atoms with Crippen LogP contribution >= 0.6 is 0 Å². The van der Waals surface area contributed by atoms with Crippen LogP contribution in [0.3, 0.4) is 0 Å². The van der Waals surface area contributed by atoms with E-state index in [2.05, 4.69) is 98.9 Å². The number of rotatable bonds is 8. The summed E-state index contributed by atoms with van der Waals surface area (Å²) in [7, 11) is 0. The van der Waals surface area contributed by atoms with Crippen molar-refractivity contribution in [2.45, 2.75) is 69.6 Å². The van der Waals surface area contributed by atoms with E-state index in [9.17, 15) is 0 Å². The quantitative estimate of drug-likeness (QED) is 0.352. The molecule has 0 amide bonds. The summed E-state index contributed by atoms with van der Waals surface area (Å²) in [4.78, 5) is 0. The zero-order valence-corrected chi connectivity index (χ0v) is 19.0. The van der Waals surface area contributed by atoms with Crippen molar-refractivity contribution in [3.8, 4) is 11.1 Å². The molecule has 0 aliphatic heterocycles. The zero-order valence-electron chi connectivity index (χ0n) is 19.0. The third-order valence-electron chi connectivity index (χ3n) is 7.64. The maximum absolute atomic E-state index is 2.49. The lowest BCUT2D eigenvalue weighted by Gasteiger charge is -2.37. The molecule has 0 aromatic heterocycles. The number of hydrogen-bond donors (Lipinski definition) is 0. The molecule has 5 rings (SSSR count). The van der Waals surface area contributed by atoms with Crippen LogP contribution in [-0.2, 0) is 17.3 Å². The Morgan fingerprint density at radius 3 is 1.97 bits per heavy atom. The molecule has 0 nitrogen and oxygen atoms in total. The monoisotopic (exact) mass is 406 g/mol. The molecule has 0 bridgehead atoms. The molecule has 2 aromatic rings. The first-order valence-electron chi connectivity index (χ1n) is 12.2. The third-order valence-corrected chi connectivity index (χ3v) is 7.64. The smallest absolute Gasteiger partial charge is 0.0324 e. The van der Waals surface area contributed by atoms with E-state index in [1.165, 1.54) is 60.8 Å². The molecule has 3 aliphatic rings. The van der Waals surface area contributed by atoms with Gasteiger partial charge in [0.15, 0.2) is 0 Å². The summed E-state index contributed by atoms with van der Waals surface area (Å²) in [6.45, 7) is 4.62. The predicted octanol–water partition coefficient (Wildman–Crippen LogP) is 8.37. The second-order valence-corrected chi connectivity index (χ2v) is 9.57. The Labute approximate surface area is 188 Å². The van der Waals surface area contributed by atoms with Crippen molar-refractivity contribution < 1.29 is 0 Å². The van der Waals surface area contributed by atoms with Crippen LogP contribution in [0.5, 0.6) is 0 Å². The van der Waals surface area contributed by atoms with Crippen LogP contribution in [0.4, 0.5) is 0 Å². The fourth-order valence-electron chi connectivity index (χ4n) is 6.03. The SMILES string of the molecule is CCCCC1(c2ccc3c(c2C2(CCCC)C=CC=C2)Cc2ccccc2-3)C=CC=C1. The van der Waals surface area contributed by atoms with Crippen molar-refractivity contribution in [2.75, 3.05) is 0 Å². The van der Waals surface area contributed by atoms with Gasteiger partial charge in [-0.05, 0) is 52.6 Å². The van der Waals surface area contributed by atoms with Gasteiger partial charge in [-0.1, -0.05) is 125 Å².